The van der Waals surface area contributed by atoms with E-state index in [0.717, 1.165) is 11.1 Å². The van der Waals surface area contributed by atoms with Crippen LogP contribution in [0.5, 0.6) is 0 Å². The van der Waals surface area contributed by atoms with E-state index in [1.165, 1.54) is 24.3 Å². The molecular formula is C22H21N3O4S. The second-order valence-electron chi connectivity index (χ2n) is 6.71. The summed E-state index contributed by atoms with van der Waals surface area (Å²) in [5.74, 6) is -0.178. The molecular weight excluding hydrogens is 402 g/mol. The number of anilines is 2. The smallest absolute Gasteiger partial charge is 0.294 e. The minimum Gasteiger partial charge on any atom is -0.322 e. The standard InChI is InChI=1S/C22H21N3O4S/c1-15-3-5-18(6-4-15)22(26)23-19-9-7-17(8-10-19)16(2)24-25-20-11-13-21(14-12-20)30(27,28)29/h3-14,25H,1-2H3,(H,23,26)(H,27,28,29)/b24-16+. The van der Waals surface area contributed by atoms with Gasteiger partial charge in [0.25, 0.3) is 16.0 Å². The molecule has 0 radical (unpaired) electrons. The molecule has 0 bridgehead atoms. The van der Waals surface area contributed by atoms with Crippen LogP contribution in [0.2, 0.25) is 0 Å². The molecule has 0 aliphatic heterocycles. The molecule has 3 rings (SSSR count). The molecule has 0 atom stereocenters. The van der Waals surface area contributed by atoms with Gasteiger partial charge in [0.15, 0.2) is 0 Å². The molecule has 0 aliphatic rings. The lowest BCUT2D eigenvalue weighted by Gasteiger charge is -2.08. The normalized spacial score (nSPS) is 11.8. The largest absolute Gasteiger partial charge is 0.322 e. The molecule has 0 aliphatic carbocycles. The van der Waals surface area contributed by atoms with E-state index in [1.807, 2.05) is 38.1 Å². The number of nitrogens with zero attached hydrogens (tertiary/aromatic N) is 1. The number of benzene rings is 3. The van der Waals surface area contributed by atoms with Crippen molar-refractivity contribution in [3.05, 3.63) is 89.5 Å². The number of hydrazone groups is 1. The van der Waals surface area contributed by atoms with Crippen LogP contribution in [-0.4, -0.2) is 24.6 Å². The van der Waals surface area contributed by atoms with Gasteiger partial charge in [-0.05, 0) is 67.9 Å². The molecule has 0 saturated heterocycles. The first-order chi connectivity index (χ1) is 14.2. The van der Waals surface area contributed by atoms with Crippen LogP contribution in [-0.2, 0) is 10.1 Å². The van der Waals surface area contributed by atoms with Crippen molar-refractivity contribution in [3.8, 4) is 0 Å². The predicted octanol–water partition coefficient (Wildman–Crippen LogP) is 4.33. The fourth-order valence-corrected chi connectivity index (χ4v) is 3.10. The maximum Gasteiger partial charge on any atom is 0.294 e. The van der Waals surface area contributed by atoms with Crippen molar-refractivity contribution in [2.75, 3.05) is 10.7 Å². The van der Waals surface area contributed by atoms with E-state index in [0.29, 0.717) is 22.6 Å². The number of hydrogen-bond donors (Lipinski definition) is 3. The highest BCUT2D eigenvalue weighted by Gasteiger charge is 2.08. The zero-order chi connectivity index (χ0) is 21.7. The fourth-order valence-electron chi connectivity index (χ4n) is 2.62. The molecule has 0 saturated carbocycles. The lowest BCUT2D eigenvalue weighted by molar-refractivity contribution is 0.102. The second-order valence-corrected chi connectivity index (χ2v) is 8.13. The minimum absolute atomic E-state index is 0.178. The van der Waals surface area contributed by atoms with Crippen molar-refractivity contribution in [1.82, 2.24) is 0 Å². The fraction of sp³-hybridized carbons (Fsp3) is 0.0909. The van der Waals surface area contributed by atoms with Crippen molar-refractivity contribution in [2.45, 2.75) is 18.7 Å². The Morgan fingerprint density at radius 2 is 1.37 bits per heavy atom. The Hall–Kier alpha value is -3.49. The minimum atomic E-state index is -4.22. The van der Waals surface area contributed by atoms with Gasteiger partial charge in [0, 0.05) is 11.3 Å². The van der Waals surface area contributed by atoms with Gasteiger partial charge in [-0.15, -0.1) is 0 Å². The van der Waals surface area contributed by atoms with Gasteiger partial charge in [-0.25, -0.2) is 0 Å². The van der Waals surface area contributed by atoms with Gasteiger partial charge >= 0.3 is 0 Å². The van der Waals surface area contributed by atoms with Crippen LogP contribution in [0, 0.1) is 6.92 Å². The molecule has 3 N–H and O–H groups in total. The molecule has 8 heteroatoms. The van der Waals surface area contributed by atoms with Gasteiger partial charge in [-0.3, -0.25) is 14.8 Å². The molecule has 3 aromatic rings. The summed E-state index contributed by atoms with van der Waals surface area (Å²) in [4.78, 5) is 12.1. The highest BCUT2D eigenvalue weighted by Crippen LogP contribution is 2.15. The highest BCUT2D eigenvalue weighted by molar-refractivity contribution is 7.85. The number of aryl methyl sites for hydroxylation is 1. The van der Waals surface area contributed by atoms with Crippen molar-refractivity contribution in [2.24, 2.45) is 5.10 Å². The van der Waals surface area contributed by atoms with E-state index >= 15 is 0 Å². The van der Waals surface area contributed by atoms with Crippen LogP contribution < -0.4 is 10.7 Å². The van der Waals surface area contributed by atoms with Crippen molar-refractivity contribution in [1.29, 1.82) is 0 Å². The Bertz CT molecular complexity index is 1170. The van der Waals surface area contributed by atoms with Gasteiger partial charge < -0.3 is 5.32 Å². The number of carbonyl (C=O) groups excluding carboxylic acids is 1. The SMILES string of the molecule is C/C(=N\Nc1ccc(S(=O)(=O)O)cc1)c1ccc(NC(=O)c2ccc(C)cc2)cc1. The number of rotatable bonds is 6. The number of amides is 1. The van der Waals surface area contributed by atoms with Crippen molar-refractivity contribution < 1.29 is 17.8 Å². The zero-order valence-electron chi connectivity index (χ0n) is 16.5. The number of nitrogens with one attached hydrogen (secondary N) is 2. The number of hydrogen-bond acceptors (Lipinski definition) is 5. The highest BCUT2D eigenvalue weighted by atomic mass is 32.2. The van der Waals surface area contributed by atoms with Crippen LogP contribution in [0.1, 0.15) is 28.4 Å². The van der Waals surface area contributed by atoms with E-state index in [-0.39, 0.29) is 10.8 Å². The third kappa shape index (κ3) is 5.53. The third-order valence-corrected chi connectivity index (χ3v) is 5.25. The van der Waals surface area contributed by atoms with E-state index in [2.05, 4.69) is 15.8 Å². The average Bonchev–Trinajstić information content (AvgIpc) is 2.72. The Labute approximate surface area is 175 Å². The molecule has 0 unspecified atom stereocenters. The molecule has 30 heavy (non-hydrogen) atoms. The monoisotopic (exact) mass is 423 g/mol. The first kappa shape index (κ1) is 21.2. The molecule has 0 aromatic heterocycles. The summed E-state index contributed by atoms with van der Waals surface area (Å²) >= 11 is 0. The maximum absolute atomic E-state index is 12.3. The summed E-state index contributed by atoms with van der Waals surface area (Å²) in [6.45, 7) is 3.78. The van der Waals surface area contributed by atoms with E-state index in [4.69, 9.17) is 4.55 Å². The predicted molar refractivity (Wildman–Crippen MR) is 118 cm³/mol. The maximum atomic E-state index is 12.3. The Morgan fingerprint density at radius 1 is 0.833 bits per heavy atom. The molecule has 1 amide bonds. The lowest BCUT2D eigenvalue weighted by Crippen LogP contribution is -2.11. The molecule has 0 spiro atoms. The van der Waals surface area contributed by atoms with Gasteiger partial charge in [0.2, 0.25) is 0 Å². The molecule has 3 aromatic carbocycles. The Kier molecular flexibility index (Phi) is 6.29. The van der Waals surface area contributed by atoms with Gasteiger partial charge in [0.05, 0.1) is 16.3 Å². The summed E-state index contributed by atoms with van der Waals surface area (Å²) in [5.41, 5.74) is 7.31. The van der Waals surface area contributed by atoms with Gasteiger partial charge in [0.1, 0.15) is 0 Å². The lowest BCUT2D eigenvalue weighted by atomic mass is 10.1. The van der Waals surface area contributed by atoms with Crippen LogP contribution in [0.15, 0.2) is 82.8 Å². The van der Waals surface area contributed by atoms with Gasteiger partial charge in [-0.1, -0.05) is 29.8 Å². The first-order valence-corrected chi connectivity index (χ1v) is 10.5. The quantitative estimate of drug-likeness (QED) is 0.311. The van der Waals surface area contributed by atoms with Gasteiger partial charge in [-0.2, -0.15) is 13.5 Å². The first-order valence-electron chi connectivity index (χ1n) is 9.09. The summed E-state index contributed by atoms with van der Waals surface area (Å²) in [6.07, 6.45) is 0. The Balaban J connectivity index is 1.63. The molecule has 0 fully saturated rings. The summed E-state index contributed by atoms with van der Waals surface area (Å²) < 4.78 is 31.1. The summed E-state index contributed by atoms with van der Waals surface area (Å²) in [5, 5.41) is 7.13. The van der Waals surface area contributed by atoms with Crippen LogP contribution in [0.3, 0.4) is 0 Å². The van der Waals surface area contributed by atoms with E-state index in [1.54, 1.807) is 24.3 Å². The summed E-state index contributed by atoms with van der Waals surface area (Å²) in [7, 11) is -4.22. The van der Waals surface area contributed by atoms with Crippen LogP contribution in [0.4, 0.5) is 11.4 Å². The average molecular weight is 423 g/mol. The second kappa shape index (κ2) is 8.89. The van der Waals surface area contributed by atoms with Crippen molar-refractivity contribution in [3.63, 3.8) is 0 Å². The van der Waals surface area contributed by atoms with Crippen LogP contribution >= 0.6 is 0 Å². The van der Waals surface area contributed by atoms with E-state index < -0.39 is 10.1 Å². The third-order valence-electron chi connectivity index (χ3n) is 4.38. The van der Waals surface area contributed by atoms with Crippen molar-refractivity contribution >= 4 is 33.1 Å². The van der Waals surface area contributed by atoms with Crippen LogP contribution in [0.25, 0.3) is 0 Å². The topological polar surface area (TPSA) is 108 Å². The summed E-state index contributed by atoms with van der Waals surface area (Å²) in [6, 6.07) is 20.2. The molecule has 0 heterocycles. The zero-order valence-corrected chi connectivity index (χ0v) is 17.3. The molecule has 154 valence electrons. The van der Waals surface area contributed by atoms with E-state index in [9.17, 15) is 13.2 Å². The number of carbonyl (C=O) groups is 1. The molecule has 7 nitrogen and oxygen atoms in total. The Morgan fingerprint density at radius 3 is 1.93 bits per heavy atom.